The molecule has 1 aromatic heterocycles. The van der Waals surface area contributed by atoms with E-state index in [4.69, 9.17) is 0 Å². The van der Waals surface area contributed by atoms with E-state index in [1.165, 1.54) is 6.26 Å². The first-order valence-electron chi connectivity index (χ1n) is 10.0. The highest BCUT2D eigenvalue weighted by molar-refractivity contribution is 7.88. The minimum Gasteiger partial charge on any atom is -0.389 e. The van der Waals surface area contributed by atoms with Gasteiger partial charge in [0.1, 0.15) is 0 Å². The molecular formula is C20H29N5O4S. The van der Waals surface area contributed by atoms with Crippen LogP contribution in [0.5, 0.6) is 0 Å². The number of carbonyl (C=O) groups excluding carboxylic acids is 1. The maximum Gasteiger partial charge on any atom is 0.253 e. The standard InChI is InChI=1S/C20H29N5O4S/c1-20(2,27)12-22-18(26)16-6-4-5-13-11-21-19(24-17(13)16)23-14-7-9-15(10-8-14)25-30(3,28)29/h4-6,11,14-15,25,27H,7-10,12H2,1-3H3,(H,22,26)(H,21,23,24). The van der Waals surface area contributed by atoms with Crippen LogP contribution in [0.3, 0.4) is 0 Å². The predicted molar refractivity (Wildman–Crippen MR) is 116 cm³/mol. The Morgan fingerprint density at radius 3 is 2.50 bits per heavy atom. The van der Waals surface area contributed by atoms with Gasteiger partial charge in [0.2, 0.25) is 16.0 Å². The summed E-state index contributed by atoms with van der Waals surface area (Å²) < 4.78 is 25.4. The minimum absolute atomic E-state index is 0.0401. The lowest BCUT2D eigenvalue weighted by Crippen LogP contribution is -2.39. The Balaban J connectivity index is 1.70. The molecule has 164 valence electrons. The zero-order valence-electron chi connectivity index (χ0n) is 17.5. The quantitative estimate of drug-likeness (QED) is 0.517. The largest absolute Gasteiger partial charge is 0.389 e. The molecule has 30 heavy (non-hydrogen) atoms. The first kappa shape index (κ1) is 22.4. The van der Waals surface area contributed by atoms with Crippen LogP contribution in [0, 0.1) is 0 Å². The number of carbonyl (C=O) groups is 1. The van der Waals surface area contributed by atoms with Gasteiger partial charge >= 0.3 is 0 Å². The highest BCUT2D eigenvalue weighted by Gasteiger charge is 2.24. The van der Waals surface area contributed by atoms with Crippen molar-refractivity contribution in [2.75, 3.05) is 18.1 Å². The van der Waals surface area contributed by atoms with E-state index < -0.39 is 15.6 Å². The van der Waals surface area contributed by atoms with Gasteiger partial charge in [-0.2, -0.15) is 0 Å². The van der Waals surface area contributed by atoms with E-state index in [0.717, 1.165) is 31.1 Å². The number of amides is 1. The fourth-order valence-corrected chi connectivity index (χ4v) is 4.38. The topological polar surface area (TPSA) is 133 Å². The van der Waals surface area contributed by atoms with Gasteiger partial charge in [-0.15, -0.1) is 0 Å². The van der Waals surface area contributed by atoms with Crippen LogP contribution in [0.15, 0.2) is 24.4 Å². The third-order valence-electron chi connectivity index (χ3n) is 4.98. The summed E-state index contributed by atoms with van der Waals surface area (Å²) in [6, 6.07) is 5.40. The Kier molecular flexibility index (Phi) is 6.59. The first-order chi connectivity index (χ1) is 14.0. The molecule has 1 aliphatic carbocycles. The predicted octanol–water partition coefficient (Wildman–Crippen LogP) is 1.40. The Labute approximate surface area is 176 Å². The molecule has 4 N–H and O–H groups in total. The number of rotatable bonds is 7. The van der Waals surface area contributed by atoms with E-state index in [2.05, 4.69) is 25.3 Å². The summed E-state index contributed by atoms with van der Waals surface area (Å²) >= 11 is 0. The van der Waals surface area contributed by atoms with E-state index in [-0.39, 0.29) is 24.5 Å². The van der Waals surface area contributed by atoms with Crippen molar-refractivity contribution < 1.29 is 18.3 Å². The van der Waals surface area contributed by atoms with E-state index in [0.29, 0.717) is 17.0 Å². The van der Waals surface area contributed by atoms with Crippen molar-refractivity contribution in [1.82, 2.24) is 20.0 Å². The second kappa shape index (κ2) is 8.83. The van der Waals surface area contributed by atoms with Crippen molar-refractivity contribution in [3.63, 3.8) is 0 Å². The average Bonchev–Trinajstić information content (AvgIpc) is 2.65. The molecule has 0 atom stereocenters. The third-order valence-corrected chi connectivity index (χ3v) is 5.74. The molecule has 0 unspecified atom stereocenters. The fraction of sp³-hybridized carbons (Fsp3) is 0.550. The van der Waals surface area contributed by atoms with Crippen molar-refractivity contribution in [2.24, 2.45) is 0 Å². The Hall–Kier alpha value is -2.30. The number of sulfonamides is 1. The number of hydrogen-bond donors (Lipinski definition) is 4. The molecule has 0 bridgehead atoms. The molecule has 1 aliphatic rings. The lowest BCUT2D eigenvalue weighted by Gasteiger charge is -2.29. The molecule has 0 saturated heterocycles. The molecule has 1 amide bonds. The van der Waals surface area contributed by atoms with E-state index >= 15 is 0 Å². The second-order valence-corrected chi connectivity index (χ2v) is 10.3. The van der Waals surface area contributed by atoms with Crippen molar-refractivity contribution in [1.29, 1.82) is 0 Å². The molecule has 0 radical (unpaired) electrons. The van der Waals surface area contributed by atoms with Crippen LogP contribution in [-0.4, -0.2) is 59.9 Å². The molecule has 0 aliphatic heterocycles. The SMILES string of the molecule is CC(C)(O)CNC(=O)c1cccc2cnc(NC3CCC(NS(C)(=O)=O)CC3)nc12. The lowest BCUT2D eigenvalue weighted by molar-refractivity contribution is 0.0695. The van der Waals surface area contributed by atoms with Gasteiger partial charge < -0.3 is 15.7 Å². The van der Waals surface area contributed by atoms with Gasteiger partial charge in [0.05, 0.1) is 22.9 Å². The van der Waals surface area contributed by atoms with E-state index in [9.17, 15) is 18.3 Å². The summed E-state index contributed by atoms with van der Waals surface area (Å²) in [5, 5.41) is 16.6. The molecule has 2 aromatic rings. The van der Waals surface area contributed by atoms with E-state index in [1.807, 2.05) is 6.07 Å². The number of nitrogens with zero attached hydrogens (tertiary/aromatic N) is 2. The summed E-state index contributed by atoms with van der Waals surface area (Å²) in [5.41, 5.74) is -0.0498. The van der Waals surface area contributed by atoms with Crippen LogP contribution in [0.2, 0.25) is 0 Å². The first-order valence-corrected chi connectivity index (χ1v) is 11.9. The highest BCUT2D eigenvalue weighted by atomic mass is 32.2. The highest BCUT2D eigenvalue weighted by Crippen LogP contribution is 2.23. The molecule has 9 nitrogen and oxygen atoms in total. The minimum atomic E-state index is -3.20. The lowest BCUT2D eigenvalue weighted by atomic mass is 9.92. The zero-order chi connectivity index (χ0) is 21.9. The summed E-state index contributed by atoms with van der Waals surface area (Å²) in [7, 11) is -3.20. The van der Waals surface area contributed by atoms with Gasteiger partial charge in [0.15, 0.2) is 0 Å². The van der Waals surface area contributed by atoms with Crippen molar-refractivity contribution in [3.05, 3.63) is 30.0 Å². The normalized spacial score (nSPS) is 20.1. The van der Waals surface area contributed by atoms with Crippen molar-refractivity contribution in [2.45, 2.75) is 57.2 Å². The average molecular weight is 436 g/mol. The van der Waals surface area contributed by atoms with E-state index in [1.54, 1.807) is 32.2 Å². The van der Waals surface area contributed by atoms with Crippen LogP contribution in [0.1, 0.15) is 49.9 Å². The molecule has 1 heterocycles. The van der Waals surface area contributed by atoms with Crippen molar-refractivity contribution in [3.8, 4) is 0 Å². The summed E-state index contributed by atoms with van der Waals surface area (Å²) in [4.78, 5) is 21.5. The number of aromatic nitrogens is 2. The fourth-order valence-electron chi connectivity index (χ4n) is 3.54. The number of nitrogens with one attached hydrogen (secondary N) is 3. The molecule has 1 fully saturated rings. The number of hydrogen-bond acceptors (Lipinski definition) is 7. The number of benzene rings is 1. The van der Waals surface area contributed by atoms with Crippen molar-refractivity contribution >= 4 is 32.8 Å². The molecule has 1 saturated carbocycles. The Bertz CT molecular complexity index is 1010. The zero-order valence-corrected chi connectivity index (χ0v) is 18.3. The number of anilines is 1. The maximum absolute atomic E-state index is 12.6. The monoisotopic (exact) mass is 435 g/mol. The Morgan fingerprint density at radius 2 is 1.87 bits per heavy atom. The Morgan fingerprint density at radius 1 is 1.20 bits per heavy atom. The van der Waals surface area contributed by atoms with Crippen LogP contribution in [-0.2, 0) is 10.0 Å². The smallest absolute Gasteiger partial charge is 0.253 e. The summed E-state index contributed by atoms with van der Waals surface area (Å²) in [5.74, 6) is 0.129. The molecule has 1 aromatic carbocycles. The molecular weight excluding hydrogens is 406 g/mol. The number of para-hydroxylation sites is 1. The molecule has 0 spiro atoms. The number of fused-ring (bicyclic) bond motifs is 1. The van der Waals surface area contributed by atoms with Crippen LogP contribution < -0.4 is 15.4 Å². The van der Waals surface area contributed by atoms with Gasteiger partial charge in [-0.25, -0.2) is 23.1 Å². The summed E-state index contributed by atoms with van der Waals surface area (Å²) in [6.07, 6.45) is 5.92. The van der Waals surface area contributed by atoms with Crippen LogP contribution in [0.4, 0.5) is 5.95 Å². The van der Waals surface area contributed by atoms with Crippen LogP contribution >= 0.6 is 0 Å². The van der Waals surface area contributed by atoms with Crippen LogP contribution in [0.25, 0.3) is 10.9 Å². The molecule has 10 heteroatoms. The van der Waals surface area contributed by atoms with Gasteiger partial charge in [-0.1, -0.05) is 12.1 Å². The second-order valence-electron chi connectivity index (χ2n) is 8.52. The summed E-state index contributed by atoms with van der Waals surface area (Å²) in [6.45, 7) is 3.38. The number of aliphatic hydroxyl groups is 1. The maximum atomic E-state index is 12.6. The van der Waals surface area contributed by atoms with Gasteiger partial charge in [0.25, 0.3) is 5.91 Å². The van der Waals surface area contributed by atoms with Gasteiger partial charge in [-0.3, -0.25) is 4.79 Å². The van der Waals surface area contributed by atoms with Gasteiger partial charge in [-0.05, 0) is 45.6 Å². The molecule has 3 rings (SSSR count). The third kappa shape index (κ3) is 6.35. The van der Waals surface area contributed by atoms with Gasteiger partial charge in [0, 0.05) is 30.2 Å².